The molecule has 0 amide bonds. The molecule has 0 radical (unpaired) electrons. The molecule has 3 N–H and O–H groups in total. The van der Waals surface area contributed by atoms with Crippen LogP contribution in [-0.2, 0) is 0 Å². The Balaban J connectivity index is 2.17. The van der Waals surface area contributed by atoms with Gasteiger partial charge in [-0.3, -0.25) is 0 Å². The zero-order valence-corrected chi connectivity index (χ0v) is 13.2. The predicted molar refractivity (Wildman–Crippen MR) is 89.0 cm³/mol. The minimum atomic E-state index is -1.04. The van der Waals surface area contributed by atoms with Gasteiger partial charge in [0.25, 0.3) is 0 Å². The van der Waals surface area contributed by atoms with Gasteiger partial charge in [0.1, 0.15) is 5.60 Å². The van der Waals surface area contributed by atoms with Crippen LogP contribution in [0.3, 0.4) is 0 Å². The van der Waals surface area contributed by atoms with Crippen molar-refractivity contribution in [3.63, 3.8) is 0 Å². The number of nitrogens with two attached hydrogens (primary N) is 1. The number of nitrogens with zero attached hydrogens (tertiary/aromatic N) is 4. The lowest BCUT2D eigenvalue weighted by atomic mass is 10.1. The first kappa shape index (κ1) is 15.0. The number of hydrogen-bond acceptors (Lipinski definition) is 5. The van der Waals surface area contributed by atoms with Gasteiger partial charge in [-0.2, -0.15) is 10.1 Å². The minimum Gasteiger partial charge on any atom is -0.378 e. The van der Waals surface area contributed by atoms with Gasteiger partial charge in [0, 0.05) is 23.2 Å². The molecule has 0 unspecified atom stereocenters. The van der Waals surface area contributed by atoms with Gasteiger partial charge in [0.15, 0.2) is 5.82 Å². The summed E-state index contributed by atoms with van der Waals surface area (Å²) in [5, 5.41) is 15.3. The van der Waals surface area contributed by atoms with Crippen molar-refractivity contribution in [2.24, 2.45) is 0 Å². The Hall–Kier alpha value is -2.91. The van der Waals surface area contributed by atoms with Crippen LogP contribution < -0.4 is 5.73 Å². The van der Waals surface area contributed by atoms with Crippen molar-refractivity contribution in [1.29, 1.82) is 0 Å². The molecule has 116 valence electrons. The van der Waals surface area contributed by atoms with E-state index in [4.69, 9.17) is 5.73 Å². The normalized spacial score (nSPS) is 11.3. The first-order chi connectivity index (χ1) is 10.8. The third-order valence-corrected chi connectivity index (χ3v) is 3.25. The topological polar surface area (TPSA) is 89.9 Å². The summed E-state index contributed by atoms with van der Waals surface area (Å²) in [5.74, 6) is 6.58. The zero-order chi connectivity index (χ0) is 16.6. The molecule has 0 fully saturated rings. The van der Waals surface area contributed by atoms with Crippen molar-refractivity contribution in [3.8, 4) is 17.7 Å². The van der Waals surface area contributed by atoms with Crippen LogP contribution in [-0.4, -0.2) is 30.5 Å². The Morgan fingerprint density at radius 2 is 2.04 bits per heavy atom. The van der Waals surface area contributed by atoms with Crippen LogP contribution in [0.25, 0.3) is 16.7 Å². The van der Waals surface area contributed by atoms with E-state index in [0.29, 0.717) is 5.82 Å². The smallest absolute Gasteiger partial charge is 0.221 e. The first-order valence-electron chi connectivity index (χ1n) is 7.17. The second-order valence-electron chi connectivity index (χ2n) is 5.81. The molecule has 3 rings (SSSR count). The van der Waals surface area contributed by atoms with Crippen LogP contribution in [0, 0.1) is 18.8 Å². The van der Waals surface area contributed by atoms with Crippen molar-refractivity contribution in [2.45, 2.75) is 26.4 Å². The fourth-order valence-electron chi connectivity index (χ4n) is 2.23. The maximum Gasteiger partial charge on any atom is 0.221 e. The van der Waals surface area contributed by atoms with E-state index in [1.807, 2.05) is 25.1 Å². The number of aliphatic hydroxyl groups is 1. The van der Waals surface area contributed by atoms with Gasteiger partial charge >= 0.3 is 0 Å². The Labute approximate surface area is 134 Å². The third-order valence-electron chi connectivity index (χ3n) is 3.25. The second kappa shape index (κ2) is 5.38. The van der Waals surface area contributed by atoms with Crippen LogP contribution in [0.5, 0.6) is 0 Å². The number of nitrogen functional groups attached to an aromatic ring is 1. The maximum absolute atomic E-state index is 9.74. The number of fused-ring (bicyclic) bond motifs is 1. The van der Waals surface area contributed by atoms with E-state index >= 15 is 0 Å². The summed E-state index contributed by atoms with van der Waals surface area (Å²) in [4.78, 5) is 8.11. The molecular formula is C17H17N5O. The van der Waals surface area contributed by atoms with Gasteiger partial charge in [-0.25, -0.2) is 9.67 Å². The lowest BCUT2D eigenvalue weighted by Gasteiger charge is -2.06. The molecule has 6 nitrogen and oxygen atoms in total. The van der Waals surface area contributed by atoms with E-state index in [-0.39, 0.29) is 5.95 Å². The highest BCUT2D eigenvalue weighted by Gasteiger charge is 2.11. The molecule has 0 bridgehead atoms. The summed E-state index contributed by atoms with van der Waals surface area (Å²) in [6, 6.07) is 7.55. The summed E-state index contributed by atoms with van der Waals surface area (Å²) in [6.45, 7) is 5.23. The van der Waals surface area contributed by atoms with Crippen molar-refractivity contribution in [2.75, 3.05) is 5.73 Å². The third kappa shape index (κ3) is 3.15. The van der Waals surface area contributed by atoms with Crippen molar-refractivity contribution < 1.29 is 5.11 Å². The van der Waals surface area contributed by atoms with Crippen molar-refractivity contribution in [3.05, 3.63) is 41.7 Å². The van der Waals surface area contributed by atoms with Gasteiger partial charge in [-0.1, -0.05) is 11.8 Å². The summed E-state index contributed by atoms with van der Waals surface area (Å²) in [5.41, 5.74) is 7.18. The van der Waals surface area contributed by atoms with Crippen LogP contribution in [0.2, 0.25) is 0 Å². The van der Waals surface area contributed by atoms with E-state index < -0.39 is 5.60 Å². The summed E-state index contributed by atoms with van der Waals surface area (Å²) in [7, 11) is 0. The minimum absolute atomic E-state index is 0.196. The molecule has 0 aliphatic rings. The van der Waals surface area contributed by atoms with Gasteiger partial charge in [0.2, 0.25) is 5.95 Å². The monoisotopic (exact) mass is 307 g/mol. The molecular weight excluding hydrogens is 290 g/mol. The molecule has 0 aliphatic carbocycles. The van der Waals surface area contributed by atoms with Crippen LogP contribution in [0.1, 0.15) is 25.1 Å². The second-order valence-corrected chi connectivity index (χ2v) is 5.81. The Morgan fingerprint density at radius 1 is 1.26 bits per heavy atom. The number of aryl methyl sites for hydroxylation is 1. The quantitative estimate of drug-likeness (QED) is 0.669. The number of hydrogen-bond donors (Lipinski definition) is 2. The van der Waals surface area contributed by atoms with Crippen molar-refractivity contribution in [1.82, 2.24) is 19.7 Å². The number of anilines is 1. The molecule has 2 aromatic heterocycles. The fraction of sp³-hybridized carbons (Fsp3) is 0.235. The Morgan fingerprint density at radius 3 is 2.74 bits per heavy atom. The van der Waals surface area contributed by atoms with Crippen molar-refractivity contribution >= 4 is 16.9 Å². The Kier molecular flexibility index (Phi) is 3.51. The average molecular weight is 307 g/mol. The maximum atomic E-state index is 9.74. The lowest BCUT2D eigenvalue weighted by Crippen LogP contribution is -2.14. The predicted octanol–water partition coefficient (Wildman–Crippen LogP) is 1.83. The molecule has 0 aliphatic heterocycles. The van der Waals surface area contributed by atoms with Crippen LogP contribution >= 0.6 is 0 Å². The summed E-state index contributed by atoms with van der Waals surface area (Å²) in [6.07, 6.45) is 1.60. The highest BCUT2D eigenvalue weighted by molar-refractivity contribution is 5.84. The van der Waals surface area contributed by atoms with Gasteiger partial charge < -0.3 is 10.8 Å². The van der Waals surface area contributed by atoms with Gasteiger partial charge in [-0.05, 0) is 39.0 Å². The molecule has 2 heterocycles. The highest BCUT2D eigenvalue weighted by Crippen LogP contribution is 2.22. The van der Waals surface area contributed by atoms with E-state index in [2.05, 4.69) is 26.9 Å². The van der Waals surface area contributed by atoms with E-state index in [9.17, 15) is 5.11 Å². The van der Waals surface area contributed by atoms with Crippen LogP contribution in [0.4, 0.5) is 5.95 Å². The number of aromatic nitrogens is 4. The molecule has 0 spiro atoms. The molecule has 0 saturated heterocycles. The molecule has 1 aromatic carbocycles. The standard InChI is InChI=1S/C17H17N5O/c1-11-13-5-4-12(6-8-17(2,3)23)10-14(13)22(21-11)15-7-9-19-16(18)20-15/h4-5,7,9-10,23H,1-3H3,(H2,18,19,20). The molecule has 23 heavy (non-hydrogen) atoms. The van der Waals surface area contributed by atoms with E-state index in [1.165, 1.54) is 0 Å². The zero-order valence-electron chi connectivity index (χ0n) is 13.2. The average Bonchev–Trinajstić information content (AvgIpc) is 2.81. The molecule has 3 aromatic rings. The highest BCUT2D eigenvalue weighted by atomic mass is 16.3. The Bertz CT molecular complexity index is 941. The number of benzene rings is 1. The molecule has 0 atom stereocenters. The van der Waals surface area contributed by atoms with E-state index in [0.717, 1.165) is 22.2 Å². The molecule has 0 saturated carbocycles. The number of rotatable bonds is 1. The first-order valence-corrected chi connectivity index (χ1v) is 7.17. The lowest BCUT2D eigenvalue weighted by molar-refractivity contribution is 0.143. The van der Waals surface area contributed by atoms with Gasteiger partial charge in [0.05, 0.1) is 11.2 Å². The largest absolute Gasteiger partial charge is 0.378 e. The summed E-state index contributed by atoms with van der Waals surface area (Å²) >= 11 is 0. The fourth-order valence-corrected chi connectivity index (χ4v) is 2.23. The SMILES string of the molecule is Cc1nn(-c2ccnc(N)n2)c2cc(C#CC(C)(C)O)ccc12. The summed E-state index contributed by atoms with van der Waals surface area (Å²) < 4.78 is 1.72. The molecule has 6 heteroatoms. The van der Waals surface area contributed by atoms with Gasteiger partial charge in [-0.15, -0.1) is 0 Å². The van der Waals surface area contributed by atoms with E-state index in [1.54, 1.807) is 30.8 Å². The van der Waals surface area contributed by atoms with Crippen LogP contribution in [0.15, 0.2) is 30.5 Å².